The molecule has 1 aliphatic carbocycles. The van der Waals surface area contributed by atoms with Crippen LogP contribution in [0.1, 0.15) is 54.1 Å². The lowest BCUT2D eigenvalue weighted by molar-refractivity contribution is -0.119. The van der Waals surface area contributed by atoms with E-state index in [9.17, 15) is 9.59 Å². The van der Waals surface area contributed by atoms with E-state index in [1.54, 1.807) is 12.1 Å². The van der Waals surface area contributed by atoms with Crippen molar-refractivity contribution in [3.63, 3.8) is 0 Å². The first kappa shape index (κ1) is 18.7. The highest BCUT2D eigenvalue weighted by atomic mass is 16.2. The maximum atomic E-state index is 13.0. The highest BCUT2D eigenvalue weighted by Gasteiger charge is 2.31. The van der Waals surface area contributed by atoms with Gasteiger partial charge in [-0.2, -0.15) is 0 Å². The lowest BCUT2D eigenvalue weighted by atomic mass is 10.0. The summed E-state index contributed by atoms with van der Waals surface area (Å²) < 4.78 is 0. The molecule has 3 N–H and O–H groups in total. The predicted octanol–water partition coefficient (Wildman–Crippen LogP) is 3.73. The third-order valence-corrected chi connectivity index (χ3v) is 5.94. The minimum Gasteiger partial charge on any atom is -0.332 e. The monoisotopic (exact) mass is 377 g/mol. The largest absolute Gasteiger partial charge is 0.332 e. The van der Waals surface area contributed by atoms with Gasteiger partial charge in [0, 0.05) is 29.8 Å². The number of nitrogens with two attached hydrogens (primary N) is 1. The zero-order valence-corrected chi connectivity index (χ0v) is 16.0. The Bertz CT molecular complexity index is 835. The normalized spacial score (nSPS) is 24.3. The molecule has 4 rings (SSSR count). The maximum Gasteiger partial charge on any atom is 0.254 e. The number of likely N-dealkylation sites (tertiary alicyclic amines) is 1. The molecule has 3 unspecified atom stereocenters. The fraction of sp³-hybridized carbons (Fsp3) is 0.391. The molecule has 1 aliphatic heterocycles. The zero-order chi connectivity index (χ0) is 19.5. The van der Waals surface area contributed by atoms with E-state index in [1.807, 2.05) is 35.2 Å². The summed E-state index contributed by atoms with van der Waals surface area (Å²) in [6.07, 6.45) is 4.51. The van der Waals surface area contributed by atoms with Crippen LogP contribution in [0.15, 0.2) is 54.6 Å². The van der Waals surface area contributed by atoms with Gasteiger partial charge in [-0.05, 0) is 61.9 Å². The average Bonchev–Trinajstić information content (AvgIpc) is 3.38. The van der Waals surface area contributed by atoms with Gasteiger partial charge < -0.3 is 16.0 Å². The summed E-state index contributed by atoms with van der Waals surface area (Å²) >= 11 is 0. The fourth-order valence-electron chi connectivity index (χ4n) is 4.39. The lowest BCUT2D eigenvalue weighted by Gasteiger charge is -2.25. The van der Waals surface area contributed by atoms with Crippen LogP contribution in [0.3, 0.4) is 0 Å². The number of anilines is 1. The average molecular weight is 377 g/mol. The first-order chi connectivity index (χ1) is 13.6. The second kappa shape index (κ2) is 8.15. The van der Waals surface area contributed by atoms with Gasteiger partial charge in [0.15, 0.2) is 0 Å². The molecule has 0 spiro atoms. The van der Waals surface area contributed by atoms with Crippen molar-refractivity contribution in [3.8, 4) is 0 Å². The van der Waals surface area contributed by atoms with Crippen LogP contribution in [0.25, 0.3) is 0 Å². The molecule has 0 aromatic heterocycles. The Labute approximate surface area is 165 Å². The third kappa shape index (κ3) is 3.94. The number of rotatable bonds is 4. The molecule has 1 saturated carbocycles. The Morgan fingerprint density at radius 1 is 0.964 bits per heavy atom. The molecule has 5 nitrogen and oxygen atoms in total. The quantitative estimate of drug-likeness (QED) is 0.852. The highest BCUT2D eigenvalue weighted by molar-refractivity contribution is 5.96. The van der Waals surface area contributed by atoms with Crippen molar-refractivity contribution in [1.82, 2.24) is 4.90 Å². The Hall–Kier alpha value is -2.66. The molecule has 0 bridgehead atoms. The smallest absolute Gasteiger partial charge is 0.254 e. The fourth-order valence-corrected chi connectivity index (χ4v) is 4.39. The number of hydrogen-bond acceptors (Lipinski definition) is 3. The molecule has 0 radical (unpaired) electrons. The van der Waals surface area contributed by atoms with Crippen molar-refractivity contribution in [1.29, 1.82) is 0 Å². The van der Waals surface area contributed by atoms with Gasteiger partial charge in [0.1, 0.15) is 0 Å². The summed E-state index contributed by atoms with van der Waals surface area (Å²) in [6, 6.07) is 17.7. The number of carbonyl (C=O) groups excluding carboxylic acids is 2. The highest BCUT2D eigenvalue weighted by Crippen LogP contribution is 2.33. The second-order valence-corrected chi connectivity index (χ2v) is 7.90. The minimum atomic E-state index is -0.00691. The SMILES string of the molecule is NC1CCC(C(=O)Nc2ccc(C(=O)N3CCCC3c3ccccc3)cc2)C1. The number of nitrogens with one attached hydrogen (secondary N) is 1. The summed E-state index contributed by atoms with van der Waals surface area (Å²) in [5.74, 6) is 0.0641. The number of nitrogens with zero attached hydrogens (tertiary/aromatic N) is 1. The number of benzene rings is 2. The molecule has 2 aromatic carbocycles. The molecule has 2 amide bonds. The van der Waals surface area contributed by atoms with E-state index in [1.165, 1.54) is 5.56 Å². The summed E-state index contributed by atoms with van der Waals surface area (Å²) in [5.41, 5.74) is 8.47. The van der Waals surface area contributed by atoms with E-state index in [-0.39, 0.29) is 29.8 Å². The number of carbonyl (C=O) groups is 2. The van der Waals surface area contributed by atoms with E-state index in [2.05, 4.69) is 17.4 Å². The van der Waals surface area contributed by atoms with E-state index in [0.717, 1.165) is 44.3 Å². The van der Waals surface area contributed by atoms with E-state index >= 15 is 0 Å². The molecule has 5 heteroatoms. The molecule has 28 heavy (non-hydrogen) atoms. The second-order valence-electron chi connectivity index (χ2n) is 7.90. The van der Waals surface area contributed by atoms with Gasteiger partial charge in [-0.15, -0.1) is 0 Å². The van der Waals surface area contributed by atoms with Gasteiger partial charge in [0.05, 0.1) is 6.04 Å². The van der Waals surface area contributed by atoms with Crippen LogP contribution >= 0.6 is 0 Å². The van der Waals surface area contributed by atoms with Crippen molar-refractivity contribution < 1.29 is 9.59 Å². The van der Waals surface area contributed by atoms with Gasteiger partial charge in [0.25, 0.3) is 5.91 Å². The Balaban J connectivity index is 1.42. The minimum absolute atomic E-state index is 0.00691. The molecule has 2 fully saturated rings. The third-order valence-electron chi connectivity index (χ3n) is 5.94. The van der Waals surface area contributed by atoms with Crippen LogP contribution in [0.2, 0.25) is 0 Å². The topological polar surface area (TPSA) is 75.4 Å². The van der Waals surface area contributed by atoms with Crippen molar-refractivity contribution in [2.75, 3.05) is 11.9 Å². The van der Waals surface area contributed by atoms with Crippen molar-refractivity contribution in [3.05, 3.63) is 65.7 Å². The molecule has 1 heterocycles. The van der Waals surface area contributed by atoms with Gasteiger partial charge >= 0.3 is 0 Å². The summed E-state index contributed by atoms with van der Waals surface area (Å²) in [4.78, 5) is 27.3. The Morgan fingerprint density at radius 2 is 1.71 bits per heavy atom. The molecular formula is C23H27N3O2. The standard InChI is InChI=1S/C23H27N3O2/c24-19-11-8-18(15-19)22(27)25-20-12-9-17(10-13-20)23(28)26-14-4-7-21(26)16-5-2-1-3-6-16/h1-3,5-6,9-10,12-13,18-19,21H,4,7-8,11,14-15,24H2,(H,25,27). The summed E-state index contributed by atoms with van der Waals surface area (Å²) in [7, 11) is 0. The van der Waals surface area contributed by atoms with Crippen molar-refractivity contribution >= 4 is 17.5 Å². The van der Waals surface area contributed by atoms with Crippen LogP contribution in [-0.2, 0) is 4.79 Å². The van der Waals surface area contributed by atoms with E-state index in [0.29, 0.717) is 5.56 Å². The predicted molar refractivity (Wildman–Crippen MR) is 110 cm³/mol. The molecule has 1 saturated heterocycles. The van der Waals surface area contributed by atoms with Crippen LogP contribution < -0.4 is 11.1 Å². The van der Waals surface area contributed by atoms with Gasteiger partial charge in [-0.25, -0.2) is 0 Å². The zero-order valence-electron chi connectivity index (χ0n) is 16.0. The molecule has 2 aromatic rings. The van der Waals surface area contributed by atoms with Gasteiger partial charge in [-0.1, -0.05) is 30.3 Å². The molecule has 146 valence electrons. The van der Waals surface area contributed by atoms with Gasteiger partial charge in [0.2, 0.25) is 5.91 Å². The lowest BCUT2D eigenvalue weighted by Crippen LogP contribution is -2.30. The first-order valence-corrected chi connectivity index (χ1v) is 10.1. The van der Waals surface area contributed by atoms with E-state index < -0.39 is 0 Å². The number of hydrogen-bond donors (Lipinski definition) is 2. The van der Waals surface area contributed by atoms with Crippen LogP contribution in [-0.4, -0.2) is 29.3 Å². The van der Waals surface area contributed by atoms with Crippen LogP contribution in [0.5, 0.6) is 0 Å². The Morgan fingerprint density at radius 3 is 2.39 bits per heavy atom. The van der Waals surface area contributed by atoms with Crippen LogP contribution in [0.4, 0.5) is 5.69 Å². The summed E-state index contributed by atoms with van der Waals surface area (Å²) in [6.45, 7) is 0.777. The summed E-state index contributed by atoms with van der Waals surface area (Å²) in [5, 5.41) is 2.96. The molecular weight excluding hydrogens is 350 g/mol. The van der Waals surface area contributed by atoms with Gasteiger partial charge in [-0.3, -0.25) is 9.59 Å². The molecule has 2 aliphatic rings. The Kier molecular flexibility index (Phi) is 5.44. The number of amides is 2. The van der Waals surface area contributed by atoms with Crippen LogP contribution in [0, 0.1) is 5.92 Å². The van der Waals surface area contributed by atoms with Crippen molar-refractivity contribution in [2.24, 2.45) is 11.7 Å². The maximum absolute atomic E-state index is 13.0. The first-order valence-electron chi connectivity index (χ1n) is 10.1. The molecule has 3 atom stereocenters. The van der Waals surface area contributed by atoms with Crippen molar-refractivity contribution in [2.45, 2.75) is 44.2 Å². The van der Waals surface area contributed by atoms with E-state index in [4.69, 9.17) is 5.73 Å².